The molecule has 1 unspecified atom stereocenters. The number of rotatable bonds is 7. The van der Waals surface area contributed by atoms with Gasteiger partial charge in [0.15, 0.2) is 5.17 Å². The summed E-state index contributed by atoms with van der Waals surface area (Å²) in [5.74, 6) is 1.16. The minimum absolute atomic E-state index is 0.158. The van der Waals surface area contributed by atoms with Gasteiger partial charge >= 0.3 is 0 Å². The Bertz CT molecular complexity index is 1420. The molecule has 5 rings (SSSR count). The van der Waals surface area contributed by atoms with Crippen LogP contribution in [0, 0.1) is 5.41 Å². The molecule has 2 aliphatic heterocycles. The summed E-state index contributed by atoms with van der Waals surface area (Å²) in [4.78, 5) is 19.6. The largest absolute Gasteiger partial charge is 0.491 e. The molecule has 1 atom stereocenters. The Morgan fingerprint density at radius 3 is 2.77 bits per heavy atom. The van der Waals surface area contributed by atoms with Crippen molar-refractivity contribution >= 4 is 45.7 Å². The van der Waals surface area contributed by atoms with Crippen LogP contribution < -0.4 is 4.74 Å². The van der Waals surface area contributed by atoms with Gasteiger partial charge in [-0.25, -0.2) is 0 Å². The van der Waals surface area contributed by atoms with Crippen LogP contribution in [-0.4, -0.2) is 33.0 Å². The van der Waals surface area contributed by atoms with Crippen molar-refractivity contribution in [1.82, 2.24) is 9.47 Å². The van der Waals surface area contributed by atoms with Crippen molar-refractivity contribution in [3.63, 3.8) is 0 Å². The number of nitrogens with zero attached hydrogens (tertiary/aromatic N) is 3. The number of amides is 1. The zero-order chi connectivity index (χ0) is 24.5. The zero-order valence-corrected chi connectivity index (χ0v) is 20.9. The van der Waals surface area contributed by atoms with Gasteiger partial charge in [0.05, 0.1) is 12.1 Å². The third-order valence-electron chi connectivity index (χ3n) is 6.46. The van der Waals surface area contributed by atoms with E-state index in [0.29, 0.717) is 29.8 Å². The van der Waals surface area contributed by atoms with E-state index < -0.39 is 0 Å². The number of nitrogens with one attached hydrogen (secondary N) is 1. The van der Waals surface area contributed by atoms with E-state index >= 15 is 0 Å². The van der Waals surface area contributed by atoms with Gasteiger partial charge in [0.1, 0.15) is 18.2 Å². The number of amidine groups is 2. The lowest BCUT2D eigenvalue weighted by atomic mass is 9.98. The van der Waals surface area contributed by atoms with Gasteiger partial charge in [0, 0.05) is 33.8 Å². The molecular formula is C28H28N4O2S. The van der Waals surface area contributed by atoms with Crippen molar-refractivity contribution in [2.24, 2.45) is 4.99 Å². The number of thioether (sulfide) groups is 1. The summed E-state index contributed by atoms with van der Waals surface area (Å²) in [5, 5.41) is 10.2. The monoisotopic (exact) mass is 484 g/mol. The first kappa shape index (κ1) is 23.2. The minimum Gasteiger partial charge on any atom is -0.491 e. The van der Waals surface area contributed by atoms with E-state index in [9.17, 15) is 4.79 Å². The Kier molecular flexibility index (Phi) is 6.34. The fourth-order valence-corrected chi connectivity index (χ4v) is 5.24. The molecule has 0 radical (unpaired) electrons. The van der Waals surface area contributed by atoms with Crippen LogP contribution in [0.5, 0.6) is 5.75 Å². The van der Waals surface area contributed by atoms with Crippen LogP contribution in [0.25, 0.3) is 17.0 Å². The number of carbonyl (C=O) groups excluding carboxylic acids is 1. The first-order chi connectivity index (χ1) is 17.0. The standard InChI is InChI=1S/C28H28N4O2S/c1-4-18(2)21-9-6-8-12-25(21)34-14-13-31-17-20(22-10-5-7-11-24(22)31)15-23-26(29)32-16-19(3)35-28(32)30-27(23)33/h5-12,15-18,29H,4,13-14H2,1-3H3. The number of fused-ring (bicyclic) bond motifs is 2. The molecule has 2 aromatic carbocycles. The second-order valence-corrected chi connectivity index (χ2v) is 10.0. The lowest BCUT2D eigenvalue weighted by molar-refractivity contribution is -0.114. The summed E-state index contributed by atoms with van der Waals surface area (Å²) < 4.78 is 8.35. The van der Waals surface area contributed by atoms with Gasteiger partial charge in [-0.05, 0) is 43.0 Å². The van der Waals surface area contributed by atoms with Crippen molar-refractivity contribution in [1.29, 1.82) is 5.41 Å². The molecule has 178 valence electrons. The summed E-state index contributed by atoms with van der Waals surface area (Å²) in [6.45, 7) is 7.54. The molecule has 7 heteroatoms. The van der Waals surface area contributed by atoms with E-state index in [2.05, 4.69) is 41.6 Å². The summed E-state index contributed by atoms with van der Waals surface area (Å²) in [6.07, 6.45) is 6.73. The Morgan fingerprint density at radius 1 is 1.17 bits per heavy atom. The summed E-state index contributed by atoms with van der Waals surface area (Å²) >= 11 is 1.41. The number of para-hydroxylation sites is 2. The maximum atomic E-state index is 12.8. The molecule has 1 aromatic heterocycles. The van der Waals surface area contributed by atoms with Crippen molar-refractivity contribution < 1.29 is 9.53 Å². The van der Waals surface area contributed by atoms with Crippen LogP contribution >= 0.6 is 11.8 Å². The number of carbonyl (C=O) groups is 1. The van der Waals surface area contributed by atoms with E-state index in [0.717, 1.165) is 33.5 Å². The molecule has 0 aliphatic carbocycles. The van der Waals surface area contributed by atoms with Gasteiger partial charge in [0.2, 0.25) is 0 Å². The molecule has 35 heavy (non-hydrogen) atoms. The molecule has 3 heterocycles. The molecule has 1 amide bonds. The molecule has 0 spiro atoms. The van der Waals surface area contributed by atoms with E-state index in [1.54, 1.807) is 11.0 Å². The average molecular weight is 485 g/mol. The Labute approximate surface area is 209 Å². The maximum absolute atomic E-state index is 12.8. The van der Waals surface area contributed by atoms with Crippen molar-refractivity contribution in [2.75, 3.05) is 6.61 Å². The van der Waals surface area contributed by atoms with Gasteiger partial charge in [0.25, 0.3) is 5.91 Å². The zero-order valence-electron chi connectivity index (χ0n) is 20.1. The summed E-state index contributed by atoms with van der Waals surface area (Å²) in [5.41, 5.74) is 3.47. The smallest absolute Gasteiger partial charge is 0.283 e. The van der Waals surface area contributed by atoms with Crippen LogP contribution in [0.3, 0.4) is 0 Å². The third kappa shape index (κ3) is 4.44. The average Bonchev–Trinajstić information content (AvgIpc) is 3.41. The van der Waals surface area contributed by atoms with E-state index in [1.807, 2.05) is 49.7 Å². The van der Waals surface area contributed by atoms with Crippen molar-refractivity contribution in [2.45, 2.75) is 39.7 Å². The molecule has 3 aromatic rings. The van der Waals surface area contributed by atoms with Crippen LogP contribution in [0.15, 0.2) is 76.4 Å². The number of hydrogen-bond acceptors (Lipinski definition) is 4. The summed E-state index contributed by atoms with van der Waals surface area (Å²) in [7, 11) is 0. The highest BCUT2D eigenvalue weighted by Crippen LogP contribution is 2.33. The maximum Gasteiger partial charge on any atom is 0.283 e. The number of ether oxygens (including phenoxy) is 1. The van der Waals surface area contributed by atoms with Crippen LogP contribution in [0.1, 0.15) is 44.2 Å². The first-order valence-electron chi connectivity index (χ1n) is 11.8. The van der Waals surface area contributed by atoms with Crippen molar-refractivity contribution in [3.8, 4) is 5.75 Å². The minimum atomic E-state index is -0.376. The third-order valence-corrected chi connectivity index (χ3v) is 7.36. The van der Waals surface area contributed by atoms with Gasteiger partial charge < -0.3 is 9.30 Å². The number of aromatic nitrogens is 1. The Morgan fingerprint density at radius 2 is 1.94 bits per heavy atom. The highest BCUT2D eigenvalue weighted by molar-refractivity contribution is 8.17. The van der Waals surface area contributed by atoms with Gasteiger partial charge in [-0.2, -0.15) is 4.99 Å². The molecule has 0 bridgehead atoms. The highest BCUT2D eigenvalue weighted by Gasteiger charge is 2.33. The number of aliphatic imine (C=N–C) groups is 1. The van der Waals surface area contributed by atoms with E-state index in [4.69, 9.17) is 10.1 Å². The second kappa shape index (κ2) is 9.58. The normalized spacial score (nSPS) is 17.6. The Hall–Kier alpha value is -3.58. The van der Waals surface area contributed by atoms with E-state index in [-0.39, 0.29) is 11.7 Å². The molecule has 2 aliphatic rings. The summed E-state index contributed by atoms with van der Waals surface area (Å²) in [6, 6.07) is 16.3. The molecule has 0 fully saturated rings. The topological polar surface area (TPSA) is 70.7 Å². The molecular weight excluding hydrogens is 456 g/mol. The lowest BCUT2D eigenvalue weighted by Gasteiger charge is -2.22. The fourth-order valence-electron chi connectivity index (χ4n) is 4.43. The van der Waals surface area contributed by atoms with Crippen molar-refractivity contribution in [3.05, 3.63) is 82.5 Å². The molecule has 6 nitrogen and oxygen atoms in total. The highest BCUT2D eigenvalue weighted by atomic mass is 32.2. The number of allylic oxidation sites excluding steroid dienone is 1. The molecule has 0 saturated carbocycles. The predicted molar refractivity (Wildman–Crippen MR) is 144 cm³/mol. The SMILES string of the molecule is CCC(C)c1ccccc1OCCn1cc(C=C2C(=N)N3C=C(C)SC3=NC2=O)c2ccccc21. The number of benzene rings is 2. The molecule has 1 N–H and O–H groups in total. The van der Waals surface area contributed by atoms with Crippen LogP contribution in [0.2, 0.25) is 0 Å². The fraction of sp³-hybridized carbons (Fsp3) is 0.250. The van der Waals surface area contributed by atoms with Crippen LogP contribution in [0.4, 0.5) is 0 Å². The second-order valence-electron chi connectivity index (χ2n) is 8.81. The van der Waals surface area contributed by atoms with Crippen LogP contribution in [-0.2, 0) is 11.3 Å². The first-order valence-corrected chi connectivity index (χ1v) is 12.7. The quantitative estimate of drug-likeness (QED) is 0.394. The number of hydrogen-bond donors (Lipinski definition) is 1. The van der Waals surface area contributed by atoms with Gasteiger partial charge in [-0.3, -0.25) is 15.1 Å². The lowest BCUT2D eigenvalue weighted by Crippen LogP contribution is -2.35. The van der Waals surface area contributed by atoms with Gasteiger partial charge in [-0.15, -0.1) is 0 Å². The Balaban J connectivity index is 1.41. The predicted octanol–water partition coefficient (Wildman–Crippen LogP) is 6.40. The van der Waals surface area contributed by atoms with E-state index in [1.165, 1.54) is 17.3 Å². The molecule has 0 saturated heterocycles. The van der Waals surface area contributed by atoms with Gasteiger partial charge in [-0.1, -0.05) is 62.0 Å².